The molecule has 4 aromatic rings. The van der Waals surface area contributed by atoms with Crippen molar-refractivity contribution in [1.82, 2.24) is 34.1 Å². The number of benzene rings is 2. The van der Waals surface area contributed by atoms with Gasteiger partial charge < -0.3 is 30.2 Å². The maximum absolute atomic E-state index is 14.1. The van der Waals surface area contributed by atoms with Crippen LogP contribution in [0, 0.1) is 12.3 Å². The number of nitrogens with one attached hydrogen (secondary N) is 1. The Morgan fingerprint density at radius 3 is 2.44 bits per heavy atom. The lowest BCUT2D eigenvalue weighted by atomic mass is 10.0. The van der Waals surface area contributed by atoms with E-state index in [0.29, 0.717) is 61.9 Å². The number of piperidine rings is 2. The highest BCUT2D eigenvalue weighted by Crippen LogP contribution is 2.29. The molecule has 7 rings (SSSR count). The van der Waals surface area contributed by atoms with E-state index in [9.17, 15) is 14.4 Å². The number of carbonyl (C=O) groups excluding carboxylic acids is 2. The van der Waals surface area contributed by atoms with Crippen molar-refractivity contribution >= 4 is 51.2 Å². The number of anilines is 1. The summed E-state index contributed by atoms with van der Waals surface area (Å²) >= 11 is 6.40. The molecule has 2 aromatic heterocycles. The van der Waals surface area contributed by atoms with E-state index >= 15 is 0 Å². The molecule has 0 radical (unpaired) electrons. The number of amides is 2. The first-order valence-electron chi connectivity index (χ1n) is 17.4. The Morgan fingerprint density at radius 2 is 1.72 bits per heavy atom. The first-order valence-corrected chi connectivity index (χ1v) is 17.8. The normalized spacial score (nSPS) is 19.1. The molecule has 0 unspecified atom stereocenters. The highest BCUT2D eigenvalue weighted by molar-refractivity contribution is 6.33. The Balaban J connectivity index is 1.04. The first kappa shape index (κ1) is 33.9. The van der Waals surface area contributed by atoms with Gasteiger partial charge in [-0.25, -0.2) is 9.59 Å². The molecule has 3 N–H and O–H groups in total. The van der Waals surface area contributed by atoms with E-state index in [0.717, 1.165) is 61.0 Å². The molecule has 0 bridgehead atoms. The number of nitrogen functional groups attached to an aromatic ring is 1. The van der Waals surface area contributed by atoms with Gasteiger partial charge in [0.15, 0.2) is 6.10 Å². The minimum absolute atomic E-state index is 0.108. The van der Waals surface area contributed by atoms with Crippen LogP contribution in [-0.4, -0.2) is 118 Å². The third-order valence-corrected chi connectivity index (χ3v) is 11.0. The number of piperazine rings is 1. The smallest absolute Gasteiger partial charge is 0.410 e. The van der Waals surface area contributed by atoms with Gasteiger partial charge in [-0.3, -0.25) is 19.2 Å². The quantitative estimate of drug-likeness (QED) is 0.230. The number of ether oxygens (including phenoxy) is 1. The van der Waals surface area contributed by atoms with Gasteiger partial charge in [-0.2, -0.15) is 0 Å². The zero-order valence-electron chi connectivity index (χ0n) is 28.3. The van der Waals surface area contributed by atoms with Crippen LogP contribution in [0.15, 0.2) is 47.4 Å². The molecular weight excluding hydrogens is 656 g/mol. The van der Waals surface area contributed by atoms with Crippen molar-refractivity contribution in [3.63, 3.8) is 0 Å². The molecule has 3 aliphatic rings. The van der Waals surface area contributed by atoms with Crippen molar-refractivity contribution in [2.24, 2.45) is 0 Å². The summed E-state index contributed by atoms with van der Waals surface area (Å²) in [5, 5.41) is 1.18. The molecule has 5 heterocycles. The first-order chi connectivity index (χ1) is 24.2. The van der Waals surface area contributed by atoms with Gasteiger partial charge in [0.25, 0.3) is 5.91 Å². The van der Waals surface area contributed by atoms with Gasteiger partial charge in [0.05, 0.1) is 33.5 Å². The standard InChI is InChI=1S/C37H43ClN8O4/c1-3-25-20-24(21-29(38)33(25)39)22-32(35(47)44-18-16-43(17-19-44)26-8-12-42(2)13-9-26)50-37(49)45-14-10-27(11-15-45)46-31-23-40-30-7-5-4-6-28(30)34(31)41-36(46)48/h1,4-7,20-21,23,26-27,32H,8-19,22,39H2,2H3,(H,41,48)/t32-/m1/s1. The minimum atomic E-state index is -1.07. The number of fused-ring (bicyclic) bond motifs is 3. The second-order valence-corrected chi connectivity index (χ2v) is 14.1. The molecule has 3 fully saturated rings. The number of pyridine rings is 1. The molecule has 0 spiro atoms. The number of hydrogen-bond donors (Lipinski definition) is 2. The highest BCUT2D eigenvalue weighted by atomic mass is 35.5. The Hall–Kier alpha value is -4.57. The predicted octanol–water partition coefficient (Wildman–Crippen LogP) is 3.72. The van der Waals surface area contributed by atoms with Crippen LogP contribution in [0.1, 0.15) is 42.9 Å². The maximum atomic E-state index is 14.1. The van der Waals surface area contributed by atoms with Gasteiger partial charge in [0.2, 0.25) is 0 Å². The van der Waals surface area contributed by atoms with Crippen molar-refractivity contribution in [3.8, 4) is 12.3 Å². The zero-order valence-corrected chi connectivity index (χ0v) is 29.1. The largest absolute Gasteiger partial charge is 0.436 e. The number of para-hydroxylation sites is 1. The number of aromatic amines is 1. The predicted molar refractivity (Wildman–Crippen MR) is 194 cm³/mol. The van der Waals surface area contributed by atoms with Crippen LogP contribution in [0.3, 0.4) is 0 Å². The van der Waals surface area contributed by atoms with Crippen molar-refractivity contribution in [3.05, 3.63) is 69.2 Å². The van der Waals surface area contributed by atoms with Crippen LogP contribution in [0.2, 0.25) is 5.02 Å². The monoisotopic (exact) mass is 698 g/mol. The van der Waals surface area contributed by atoms with E-state index in [-0.39, 0.29) is 29.1 Å². The SMILES string of the molecule is C#Cc1cc(C[C@@H](OC(=O)N2CCC(n3c(=O)[nH]c4c5ccccc5ncc43)CC2)C(=O)N2CCN(C3CCN(C)CC3)CC2)cc(Cl)c1N. The third-order valence-electron chi connectivity index (χ3n) is 10.7. The summed E-state index contributed by atoms with van der Waals surface area (Å²) < 4.78 is 7.79. The third kappa shape index (κ3) is 6.77. The number of hydrogen-bond acceptors (Lipinski definition) is 8. The number of H-pyrrole nitrogens is 1. The summed E-state index contributed by atoms with van der Waals surface area (Å²) in [6.45, 7) is 5.58. The summed E-state index contributed by atoms with van der Waals surface area (Å²) in [7, 11) is 2.15. The Morgan fingerprint density at radius 1 is 1.02 bits per heavy atom. The Bertz CT molecular complexity index is 2000. The second-order valence-electron chi connectivity index (χ2n) is 13.7. The second kappa shape index (κ2) is 14.3. The van der Waals surface area contributed by atoms with Gasteiger partial charge in [0.1, 0.15) is 0 Å². The van der Waals surface area contributed by atoms with Crippen molar-refractivity contribution in [1.29, 1.82) is 0 Å². The topological polar surface area (TPSA) is 133 Å². The van der Waals surface area contributed by atoms with Gasteiger partial charge >= 0.3 is 11.8 Å². The van der Waals surface area contributed by atoms with E-state index < -0.39 is 12.2 Å². The van der Waals surface area contributed by atoms with Crippen molar-refractivity contribution in [2.45, 2.75) is 50.3 Å². The summed E-state index contributed by atoms with van der Waals surface area (Å²) in [6.07, 6.45) is 9.22. The molecule has 2 amide bonds. The molecule has 0 aliphatic carbocycles. The average molecular weight is 699 g/mol. The molecule has 3 aliphatic heterocycles. The lowest BCUT2D eigenvalue weighted by Gasteiger charge is -2.42. The molecule has 12 nitrogen and oxygen atoms in total. The number of aromatic nitrogens is 3. The number of rotatable bonds is 6. The van der Waals surface area contributed by atoms with Crippen LogP contribution < -0.4 is 11.4 Å². The van der Waals surface area contributed by atoms with E-state index in [1.54, 1.807) is 32.7 Å². The van der Waals surface area contributed by atoms with Crippen LogP contribution in [0.5, 0.6) is 0 Å². The minimum Gasteiger partial charge on any atom is -0.436 e. The number of halogens is 1. The summed E-state index contributed by atoms with van der Waals surface area (Å²) in [4.78, 5) is 56.8. The van der Waals surface area contributed by atoms with E-state index in [2.05, 4.69) is 32.7 Å². The molecule has 50 heavy (non-hydrogen) atoms. The number of nitrogens with two attached hydrogens (primary N) is 1. The fraction of sp³-hybridized carbons (Fsp3) is 0.459. The molecule has 13 heteroatoms. The van der Waals surface area contributed by atoms with Crippen molar-refractivity contribution in [2.75, 3.05) is 65.1 Å². The molecule has 1 atom stereocenters. The van der Waals surface area contributed by atoms with E-state index in [4.69, 9.17) is 28.5 Å². The Kier molecular flexibility index (Phi) is 9.73. The van der Waals surface area contributed by atoms with E-state index in [1.807, 2.05) is 24.3 Å². The number of terminal acetylenes is 1. The summed E-state index contributed by atoms with van der Waals surface area (Å²) in [5.41, 5.74) is 9.55. The van der Waals surface area contributed by atoms with Crippen LogP contribution in [-0.2, 0) is 16.0 Å². The molecule has 0 saturated carbocycles. The molecular formula is C37H43ClN8O4. The lowest BCUT2D eigenvalue weighted by molar-refractivity contribution is -0.143. The van der Waals surface area contributed by atoms with Crippen LogP contribution in [0.4, 0.5) is 10.5 Å². The van der Waals surface area contributed by atoms with Crippen LogP contribution in [0.25, 0.3) is 21.9 Å². The molecule has 3 saturated heterocycles. The van der Waals surface area contributed by atoms with Gasteiger partial charge in [0, 0.05) is 68.7 Å². The van der Waals surface area contributed by atoms with Crippen LogP contribution >= 0.6 is 11.6 Å². The maximum Gasteiger partial charge on any atom is 0.410 e. The van der Waals surface area contributed by atoms with Gasteiger partial charge in [-0.15, -0.1) is 6.42 Å². The van der Waals surface area contributed by atoms with Gasteiger partial charge in [-0.1, -0.05) is 35.7 Å². The Labute approximate surface area is 296 Å². The molecule has 2 aromatic carbocycles. The summed E-state index contributed by atoms with van der Waals surface area (Å²) in [5.74, 6) is 2.31. The van der Waals surface area contributed by atoms with E-state index in [1.165, 1.54) is 0 Å². The average Bonchev–Trinajstić information content (AvgIpc) is 3.49. The summed E-state index contributed by atoms with van der Waals surface area (Å²) in [6, 6.07) is 11.5. The highest BCUT2D eigenvalue weighted by Gasteiger charge is 2.35. The number of likely N-dealkylation sites (tertiary alicyclic amines) is 2. The number of imidazole rings is 1. The van der Waals surface area contributed by atoms with Gasteiger partial charge in [-0.05, 0) is 69.6 Å². The zero-order chi connectivity index (χ0) is 34.9. The van der Waals surface area contributed by atoms with Crippen molar-refractivity contribution < 1.29 is 14.3 Å². The fourth-order valence-corrected chi connectivity index (χ4v) is 8.00. The number of nitrogens with zero attached hydrogens (tertiary/aromatic N) is 6. The molecule has 262 valence electrons. The lowest BCUT2D eigenvalue weighted by Crippen LogP contribution is -2.56. The fourth-order valence-electron chi connectivity index (χ4n) is 7.76. The number of carbonyl (C=O) groups is 2.